The van der Waals surface area contributed by atoms with Crippen molar-refractivity contribution in [2.45, 2.75) is 13.0 Å². The first-order valence-electron chi connectivity index (χ1n) is 8.11. The molecule has 0 N–H and O–H groups in total. The van der Waals surface area contributed by atoms with Crippen LogP contribution in [0.1, 0.15) is 17.3 Å². The van der Waals surface area contributed by atoms with E-state index >= 15 is 0 Å². The van der Waals surface area contributed by atoms with E-state index in [4.69, 9.17) is 23.2 Å². The summed E-state index contributed by atoms with van der Waals surface area (Å²) in [5.74, 6) is -0.617. The van der Waals surface area contributed by atoms with Gasteiger partial charge in [0, 0.05) is 35.8 Å². The van der Waals surface area contributed by atoms with Crippen LogP contribution in [0.15, 0.2) is 42.5 Å². The molecule has 2 aromatic rings. The lowest BCUT2D eigenvalue weighted by Gasteiger charge is -2.39. The number of carbonyl (C=O) groups excluding carboxylic acids is 2. The molecular weight excluding hydrogens is 393 g/mol. The highest BCUT2D eigenvalue weighted by molar-refractivity contribution is 6.36. The monoisotopic (exact) mass is 407 g/mol. The van der Waals surface area contributed by atoms with Gasteiger partial charge in [-0.3, -0.25) is 19.7 Å². The molecule has 0 spiro atoms. The van der Waals surface area contributed by atoms with Crippen LogP contribution in [0.5, 0.6) is 0 Å². The van der Waals surface area contributed by atoms with Gasteiger partial charge in [-0.25, -0.2) is 0 Å². The van der Waals surface area contributed by atoms with Crippen molar-refractivity contribution in [2.75, 3.05) is 18.0 Å². The Bertz CT molecular complexity index is 917. The van der Waals surface area contributed by atoms with Crippen molar-refractivity contribution in [1.82, 2.24) is 4.90 Å². The van der Waals surface area contributed by atoms with Crippen LogP contribution in [0.2, 0.25) is 10.0 Å². The first kappa shape index (κ1) is 19.1. The van der Waals surface area contributed by atoms with Gasteiger partial charge in [0.2, 0.25) is 5.91 Å². The van der Waals surface area contributed by atoms with E-state index in [2.05, 4.69) is 0 Å². The Morgan fingerprint density at radius 2 is 1.81 bits per heavy atom. The lowest BCUT2D eigenvalue weighted by Crippen LogP contribution is -2.57. The maximum atomic E-state index is 12.8. The lowest BCUT2D eigenvalue weighted by molar-refractivity contribution is -0.384. The number of nitro benzene ring substituents is 1. The van der Waals surface area contributed by atoms with Crippen molar-refractivity contribution in [3.05, 3.63) is 68.2 Å². The molecule has 0 radical (unpaired) electrons. The lowest BCUT2D eigenvalue weighted by atomic mass is 10.1. The van der Waals surface area contributed by atoms with Crippen molar-refractivity contribution >= 4 is 46.4 Å². The topological polar surface area (TPSA) is 83.8 Å². The number of non-ortho nitro benzene ring substituents is 1. The average Bonchev–Trinajstić information content (AvgIpc) is 2.64. The van der Waals surface area contributed by atoms with Gasteiger partial charge >= 0.3 is 0 Å². The van der Waals surface area contributed by atoms with Crippen LogP contribution in [-0.4, -0.2) is 40.8 Å². The summed E-state index contributed by atoms with van der Waals surface area (Å²) in [5, 5.41) is 11.6. The molecule has 3 rings (SSSR count). The maximum absolute atomic E-state index is 12.8. The number of benzene rings is 2. The SMILES string of the molecule is C[C@@H]1C(=O)N(c2ccc(Cl)cc2Cl)CCN1C(=O)c1ccc([N+](=O)[O-])cc1. The van der Waals surface area contributed by atoms with Crippen LogP contribution < -0.4 is 4.90 Å². The molecule has 1 aliphatic rings. The quantitative estimate of drug-likeness (QED) is 0.572. The Hall–Kier alpha value is -2.64. The van der Waals surface area contributed by atoms with E-state index in [0.717, 1.165) is 0 Å². The van der Waals surface area contributed by atoms with Crippen LogP contribution in [-0.2, 0) is 4.79 Å². The van der Waals surface area contributed by atoms with Crippen molar-refractivity contribution in [3.63, 3.8) is 0 Å². The summed E-state index contributed by atoms with van der Waals surface area (Å²) < 4.78 is 0. The normalized spacial score (nSPS) is 17.1. The van der Waals surface area contributed by atoms with E-state index in [-0.39, 0.29) is 24.0 Å². The molecule has 0 unspecified atom stereocenters. The van der Waals surface area contributed by atoms with Crippen LogP contribution >= 0.6 is 23.2 Å². The standard InChI is InChI=1S/C18H15Cl2N3O4/c1-11-17(24)22(16-7-4-13(19)10-15(16)20)9-8-21(11)18(25)12-2-5-14(6-3-12)23(26)27/h2-7,10-11H,8-9H2,1H3/t11-/m1/s1. The molecule has 140 valence electrons. The molecule has 9 heteroatoms. The summed E-state index contributed by atoms with van der Waals surface area (Å²) in [6, 6.07) is 9.49. The summed E-state index contributed by atoms with van der Waals surface area (Å²) in [6.07, 6.45) is 0. The molecular formula is C18H15Cl2N3O4. The predicted octanol–water partition coefficient (Wildman–Crippen LogP) is 3.78. The highest BCUT2D eigenvalue weighted by Gasteiger charge is 2.36. The number of amides is 2. The van der Waals surface area contributed by atoms with E-state index in [0.29, 0.717) is 27.8 Å². The minimum atomic E-state index is -0.701. The third-order valence-electron chi connectivity index (χ3n) is 4.44. The summed E-state index contributed by atoms with van der Waals surface area (Å²) >= 11 is 12.1. The molecule has 0 aromatic heterocycles. The Kier molecular flexibility index (Phi) is 5.34. The maximum Gasteiger partial charge on any atom is 0.269 e. The fourth-order valence-corrected chi connectivity index (χ4v) is 3.49. The Morgan fingerprint density at radius 1 is 1.15 bits per heavy atom. The molecule has 1 saturated heterocycles. The zero-order valence-corrected chi connectivity index (χ0v) is 15.8. The number of rotatable bonds is 3. The van der Waals surface area contributed by atoms with Gasteiger partial charge in [-0.05, 0) is 37.3 Å². The van der Waals surface area contributed by atoms with Gasteiger partial charge in [-0.15, -0.1) is 0 Å². The minimum absolute atomic E-state index is 0.0992. The van der Waals surface area contributed by atoms with Crippen LogP contribution in [0.4, 0.5) is 11.4 Å². The summed E-state index contributed by atoms with van der Waals surface area (Å²) in [4.78, 5) is 38.7. The first-order valence-corrected chi connectivity index (χ1v) is 8.87. The smallest absolute Gasteiger partial charge is 0.269 e. The first-order chi connectivity index (χ1) is 12.8. The molecule has 0 bridgehead atoms. The molecule has 1 aliphatic heterocycles. The number of hydrogen-bond donors (Lipinski definition) is 0. The summed E-state index contributed by atoms with van der Waals surface area (Å²) in [5.41, 5.74) is 0.733. The molecule has 1 heterocycles. The third kappa shape index (κ3) is 3.74. The molecule has 2 amide bonds. The van der Waals surface area contributed by atoms with E-state index in [1.54, 1.807) is 25.1 Å². The Labute approximate surface area is 165 Å². The van der Waals surface area contributed by atoms with Gasteiger partial charge in [0.1, 0.15) is 6.04 Å². The number of halogens is 2. The van der Waals surface area contributed by atoms with Gasteiger partial charge in [-0.2, -0.15) is 0 Å². The highest BCUT2D eigenvalue weighted by Crippen LogP contribution is 2.31. The number of nitro groups is 1. The van der Waals surface area contributed by atoms with Gasteiger partial charge < -0.3 is 9.80 Å². The molecule has 2 aromatic carbocycles. The fraction of sp³-hybridized carbons (Fsp3) is 0.222. The van der Waals surface area contributed by atoms with Gasteiger partial charge in [0.05, 0.1) is 15.6 Å². The molecule has 0 aliphatic carbocycles. The molecule has 27 heavy (non-hydrogen) atoms. The zero-order chi connectivity index (χ0) is 19.7. The minimum Gasteiger partial charge on any atom is -0.325 e. The fourth-order valence-electron chi connectivity index (χ4n) is 2.98. The van der Waals surface area contributed by atoms with Crippen molar-refractivity contribution < 1.29 is 14.5 Å². The zero-order valence-electron chi connectivity index (χ0n) is 14.3. The van der Waals surface area contributed by atoms with E-state index < -0.39 is 11.0 Å². The van der Waals surface area contributed by atoms with Crippen LogP contribution in [0.3, 0.4) is 0 Å². The molecule has 1 atom stereocenters. The molecule has 0 saturated carbocycles. The summed E-state index contributed by atoms with van der Waals surface area (Å²) in [6.45, 7) is 2.23. The predicted molar refractivity (Wildman–Crippen MR) is 102 cm³/mol. The molecule has 7 nitrogen and oxygen atoms in total. The summed E-state index contributed by atoms with van der Waals surface area (Å²) in [7, 11) is 0. The van der Waals surface area contributed by atoms with Crippen LogP contribution in [0, 0.1) is 10.1 Å². The highest BCUT2D eigenvalue weighted by atomic mass is 35.5. The number of hydrogen-bond acceptors (Lipinski definition) is 4. The second-order valence-electron chi connectivity index (χ2n) is 6.06. The van der Waals surface area contributed by atoms with Crippen molar-refractivity contribution in [1.29, 1.82) is 0 Å². The van der Waals surface area contributed by atoms with E-state index in [1.807, 2.05) is 0 Å². The van der Waals surface area contributed by atoms with Crippen molar-refractivity contribution in [2.24, 2.45) is 0 Å². The Morgan fingerprint density at radius 3 is 2.41 bits per heavy atom. The largest absolute Gasteiger partial charge is 0.325 e. The molecule has 1 fully saturated rings. The van der Waals surface area contributed by atoms with Crippen molar-refractivity contribution in [3.8, 4) is 0 Å². The number of nitrogens with zero attached hydrogens (tertiary/aromatic N) is 3. The average molecular weight is 408 g/mol. The van der Waals surface area contributed by atoms with E-state index in [9.17, 15) is 19.7 Å². The third-order valence-corrected chi connectivity index (χ3v) is 4.98. The van der Waals surface area contributed by atoms with Crippen LogP contribution in [0.25, 0.3) is 0 Å². The van der Waals surface area contributed by atoms with Gasteiger partial charge in [0.15, 0.2) is 0 Å². The second kappa shape index (κ2) is 7.54. The van der Waals surface area contributed by atoms with E-state index in [1.165, 1.54) is 34.1 Å². The number of piperazine rings is 1. The Balaban J connectivity index is 1.79. The van der Waals surface area contributed by atoms with Gasteiger partial charge in [0.25, 0.3) is 11.6 Å². The second-order valence-corrected chi connectivity index (χ2v) is 6.91. The number of anilines is 1. The number of carbonyl (C=O) groups is 2. The van der Waals surface area contributed by atoms with Gasteiger partial charge in [-0.1, -0.05) is 23.2 Å².